The van der Waals surface area contributed by atoms with Crippen molar-refractivity contribution in [1.29, 1.82) is 0 Å². The number of amides is 1. The Morgan fingerprint density at radius 1 is 1.43 bits per heavy atom. The Morgan fingerprint density at radius 3 is 3.00 bits per heavy atom. The van der Waals surface area contributed by atoms with Crippen LogP contribution in [-0.4, -0.2) is 25.9 Å². The highest BCUT2D eigenvalue weighted by Crippen LogP contribution is 2.18. The van der Waals surface area contributed by atoms with Gasteiger partial charge in [0.25, 0.3) is 5.91 Å². The topological polar surface area (TPSA) is 72.7 Å². The first-order valence-corrected chi connectivity index (χ1v) is 7.71. The number of carbonyl (C=O) groups excluding carboxylic acids is 1. The highest BCUT2D eigenvalue weighted by atomic mass is 79.9. The largest absolute Gasteiger partial charge is 0.296 e. The van der Waals surface area contributed by atoms with E-state index in [1.54, 1.807) is 23.2 Å². The van der Waals surface area contributed by atoms with E-state index in [0.29, 0.717) is 10.8 Å². The maximum absolute atomic E-state index is 12.2. The zero-order valence-electron chi connectivity index (χ0n) is 10.9. The lowest BCUT2D eigenvalue weighted by Gasteiger charge is -2.04. The van der Waals surface area contributed by atoms with E-state index in [0.717, 1.165) is 10.2 Å². The van der Waals surface area contributed by atoms with Crippen LogP contribution in [0.1, 0.15) is 16.2 Å². The molecule has 0 atom stereocenters. The average Bonchev–Trinajstić information content (AvgIpc) is 3.08. The zero-order valence-corrected chi connectivity index (χ0v) is 13.3. The van der Waals surface area contributed by atoms with Crippen molar-refractivity contribution in [2.45, 2.75) is 6.92 Å². The molecule has 6 nitrogen and oxygen atoms in total. The molecule has 3 rings (SSSR count). The van der Waals surface area contributed by atoms with Crippen molar-refractivity contribution < 1.29 is 4.79 Å². The molecule has 1 aromatic carbocycles. The van der Waals surface area contributed by atoms with E-state index in [1.165, 1.54) is 11.3 Å². The molecule has 0 aliphatic heterocycles. The molecule has 8 heteroatoms. The smallest absolute Gasteiger partial charge is 0.279 e. The number of nitrogens with one attached hydrogen (secondary N) is 1. The van der Waals surface area contributed by atoms with Gasteiger partial charge in [-0.3, -0.25) is 10.1 Å². The molecule has 2 heterocycles. The van der Waals surface area contributed by atoms with Gasteiger partial charge in [0.2, 0.25) is 0 Å². The molecule has 0 fully saturated rings. The number of halogens is 1. The summed E-state index contributed by atoms with van der Waals surface area (Å²) in [5.74, 6) is -0.316. The van der Waals surface area contributed by atoms with E-state index < -0.39 is 0 Å². The van der Waals surface area contributed by atoms with Crippen LogP contribution in [0, 0.1) is 6.92 Å². The average molecular weight is 364 g/mol. The van der Waals surface area contributed by atoms with Crippen LogP contribution in [0.15, 0.2) is 40.3 Å². The molecule has 106 valence electrons. The van der Waals surface area contributed by atoms with Gasteiger partial charge in [-0.2, -0.15) is 0 Å². The Kier molecular flexibility index (Phi) is 3.80. The number of nitrogens with zero attached hydrogens (tertiary/aromatic N) is 4. The fourth-order valence-corrected chi connectivity index (χ4v) is 2.74. The fraction of sp³-hybridized carbons (Fsp3) is 0.0769. The van der Waals surface area contributed by atoms with Crippen molar-refractivity contribution in [3.05, 3.63) is 51.7 Å². The monoisotopic (exact) mass is 363 g/mol. The Hall–Kier alpha value is -2.06. The molecule has 0 radical (unpaired) electrons. The second-order valence-corrected chi connectivity index (χ2v) is 6.02. The van der Waals surface area contributed by atoms with Gasteiger partial charge in [0.15, 0.2) is 10.8 Å². The lowest BCUT2D eigenvalue weighted by atomic mass is 10.3. The summed E-state index contributed by atoms with van der Waals surface area (Å²) in [5, 5.41) is 13.0. The van der Waals surface area contributed by atoms with Crippen LogP contribution in [0.4, 0.5) is 5.13 Å². The number of hydrogen-bond acceptors (Lipinski definition) is 5. The molecule has 0 saturated heterocycles. The highest BCUT2D eigenvalue weighted by molar-refractivity contribution is 9.10. The van der Waals surface area contributed by atoms with Gasteiger partial charge in [0.05, 0.1) is 11.4 Å². The van der Waals surface area contributed by atoms with Gasteiger partial charge in [-0.1, -0.05) is 27.2 Å². The summed E-state index contributed by atoms with van der Waals surface area (Å²) in [7, 11) is 0. The van der Waals surface area contributed by atoms with Crippen LogP contribution in [0.2, 0.25) is 0 Å². The van der Waals surface area contributed by atoms with E-state index in [2.05, 4.69) is 36.5 Å². The first-order chi connectivity index (χ1) is 10.1. The molecular weight excluding hydrogens is 354 g/mol. The number of carbonyl (C=O) groups is 1. The number of anilines is 1. The van der Waals surface area contributed by atoms with E-state index in [4.69, 9.17) is 0 Å². The summed E-state index contributed by atoms with van der Waals surface area (Å²) >= 11 is 4.76. The van der Waals surface area contributed by atoms with Crippen LogP contribution in [0.3, 0.4) is 0 Å². The molecule has 1 N–H and O–H groups in total. The first-order valence-electron chi connectivity index (χ1n) is 6.04. The summed E-state index contributed by atoms with van der Waals surface area (Å²) in [5.41, 5.74) is 1.79. The highest BCUT2D eigenvalue weighted by Gasteiger charge is 2.18. The van der Waals surface area contributed by atoms with Crippen molar-refractivity contribution >= 4 is 38.3 Å². The van der Waals surface area contributed by atoms with Crippen molar-refractivity contribution in [3.63, 3.8) is 0 Å². The van der Waals surface area contributed by atoms with Gasteiger partial charge in [-0.25, -0.2) is 9.67 Å². The van der Waals surface area contributed by atoms with E-state index >= 15 is 0 Å². The van der Waals surface area contributed by atoms with E-state index in [1.807, 2.05) is 24.3 Å². The number of hydrogen-bond donors (Lipinski definition) is 1. The SMILES string of the molecule is Cc1c(C(=O)Nc2nccs2)nnn1-c1cccc(Br)c1. The van der Waals surface area contributed by atoms with Gasteiger partial charge in [-0.05, 0) is 25.1 Å². The minimum Gasteiger partial charge on any atom is -0.296 e. The molecule has 0 spiro atoms. The second kappa shape index (κ2) is 5.74. The minimum atomic E-state index is -0.316. The van der Waals surface area contributed by atoms with Crippen LogP contribution in [0.5, 0.6) is 0 Å². The summed E-state index contributed by atoms with van der Waals surface area (Å²) < 4.78 is 2.56. The Morgan fingerprint density at radius 2 is 2.29 bits per heavy atom. The third-order valence-corrected chi connectivity index (χ3v) is 4.00. The van der Waals surface area contributed by atoms with Crippen LogP contribution in [0.25, 0.3) is 5.69 Å². The summed E-state index contributed by atoms with van der Waals surface area (Å²) in [6.07, 6.45) is 1.63. The molecule has 2 aromatic heterocycles. The quantitative estimate of drug-likeness (QED) is 0.775. The second-order valence-electron chi connectivity index (χ2n) is 4.21. The molecule has 0 saturated carbocycles. The van der Waals surface area contributed by atoms with Crippen molar-refractivity contribution in [2.24, 2.45) is 0 Å². The standard InChI is InChI=1S/C13H10BrN5OS/c1-8-11(12(20)16-13-15-5-6-21-13)17-18-19(8)10-4-2-3-9(14)7-10/h2-7H,1H3,(H,15,16,20). The molecule has 0 bridgehead atoms. The minimum absolute atomic E-state index is 0.283. The maximum Gasteiger partial charge on any atom is 0.279 e. The summed E-state index contributed by atoms with van der Waals surface area (Å²) in [6.45, 7) is 1.80. The van der Waals surface area contributed by atoms with Crippen molar-refractivity contribution in [1.82, 2.24) is 20.0 Å². The van der Waals surface area contributed by atoms with Crippen LogP contribution in [-0.2, 0) is 0 Å². The Balaban J connectivity index is 1.90. The van der Waals surface area contributed by atoms with Gasteiger partial charge in [0.1, 0.15) is 0 Å². The van der Waals surface area contributed by atoms with Gasteiger partial charge in [0, 0.05) is 16.0 Å². The Bertz CT molecular complexity index is 784. The predicted octanol–water partition coefficient (Wildman–Crippen LogP) is 3.05. The molecule has 3 aromatic rings. The van der Waals surface area contributed by atoms with Gasteiger partial charge >= 0.3 is 0 Å². The van der Waals surface area contributed by atoms with E-state index in [9.17, 15) is 4.79 Å². The fourth-order valence-electron chi connectivity index (χ4n) is 1.83. The van der Waals surface area contributed by atoms with Crippen LogP contribution >= 0.6 is 27.3 Å². The molecule has 21 heavy (non-hydrogen) atoms. The maximum atomic E-state index is 12.2. The van der Waals surface area contributed by atoms with Crippen molar-refractivity contribution in [2.75, 3.05) is 5.32 Å². The van der Waals surface area contributed by atoms with Gasteiger partial charge < -0.3 is 0 Å². The molecule has 0 unspecified atom stereocenters. The number of thiazole rings is 1. The normalized spacial score (nSPS) is 10.6. The molecule has 0 aliphatic rings. The van der Waals surface area contributed by atoms with Gasteiger partial charge in [-0.15, -0.1) is 16.4 Å². The third kappa shape index (κ3) is 2.86. The third-order valence-electron chi connectivity index (χ3n) is 2.82. The molecular formula is C13H10BrN5OS. The first kappa shape index (κ1) is 13.9. The summed E-state index contributed by atoms with van der Waals surface area (Å²) in [4.78, 5) is 16.2. The molecule has 1 amide bonds. The lowest BCUT2D eigenvalue weighted by molar-refractivity contribution is 0.102. The lowest BCUT2D eigenvalue weighted by Crippen LogP contribution is -2.14. The number of aromatic nitrogens is 4. The predicted molar refractivity (Wildman–Crippen MR) is 83.9 cm³/mol. The number of benzene rings is 1. The molecule has 0 aliphatic carbocycles. The summed E-state index contributed by atoms with van der Waals surface area (Å²) in [6, 6.07) is 7.63. The zero-order chi connectivity index (χ0) is 14.8. The number of rotatable bonds is 3. The van der Waals surface area contributed by atoms with Crippen molar-refractivity contribution in [3.8, 4) is 5.69 Å². The Labute approximate surface area is 133 Å². The van der Waals surface area contributed by atoms with Crippen LogP contribution < -0.4 is 5.32 Å². The van der Waals surface area contributed by atoms with E-state index in [-0.39, 0.29) is 11.6 Å².